The first-order valence-electron chi connectivity index (χ1n) is 7.52. The number of aliphatic hydroxyl groups is 2. The molecular formula is C12H18N5O9P. The van der Waals surface area contributed by atoms with E-state index in [1.165, 1.54) is 0 Å². The van der Waals surface area contributed by atoms with Crippen molar-refractivity contribution in [2.75, 3.05) is 12.8 Å². The number of nitrogens with two attached hydrogens (primary N) is 1. The fourth-order valence-electron chi connectivity index (χ4n) is 2.89. The summed E-state index contributed by atoms with van der Waals surface area (Å²) in [6, 6.07) is 0. The van der Waals surface area contributed by atoms with Crippen molar-refractivity contribution < 1.29 is 38.6 Å². The number of methoxy groups -OCH3 is 1. The Hall–Kier alpha value is -1.90. The minimum Gasteiger partial charge on any atom is -0.387 e. The first-order chi connectivity index (χ1) is 12.5. The van der Waals surface area contributed by atoms with Gasteiger partial charge in [-0.25, -0.2) is 9.55 Å². The fraction of sp³-hybridized carbons (Fsp3) is 0.583. The van der Waals surface area contributed by atoms with Crippen LogP contribution in [-0.2, 0) is 18.6 Å². The number of nitrogens with one attached hydrogen (secondary N) is 1. The molecule has 3 heterocycles. The molecule has 0 bridgehead atoms. The number of imidazole rings is 1. The van der Waals surface area contributed by atoms with E-state index in [1.807, 2.05) is 0 Å². The zero-order valence-corrected chi connectivity index (χ0v) is 15.0. The standard InChI is InChI=1S/C12H18N5O9P/c1-12(24-2,26-27(21,22)23)7-5(18)6(19)10(25-7)17-3-14-4-8(17)15-11(13)16-9(4)20/h3,5-7,10,18-19H,1-2H3,(H2,21,22,23)(H3,13,15,16,20)/t5-,6+,7-,10+,12?/m0/s1. The number of phosphoric ester groups is 1. The summed E-state index contributed by atoms with van der Waals surface area (Å²) in [5.74, 6) is -2.31. The van der Waals surface area contributed by atoms with Crippen LogP contribution in [0.2, 0.25) is 0 Å². The van der Waals surface area contributed by atoms with Gasteiger partial charge in [0, 0.05) is 7.11 Å². The van der Waals surface area contributed by atoms with Crippen molar-refractivity contribution in [2.45, 2.75) is 37.3 Å². The van der Waals surface area contributed by atoms with Crippen LogP contribution in [0, 0.1) is 0 Å². The lowest BCUT2D eigenvalue weighted by Gasteiger charge is -2.34. The molecule has 150 valence electrons. The van der Waals surface area contributed by atoms with Crippen molar-refractivity contribution in [2.24, 2.45) is 0 Å². The molecule has 0 aromatic carbocycles. The lowest BCUT2D eigenvalue weighted by Crippen LogP contribution is -2.49. The number of rotatable bonds is 5. The molecule has 5 atom stereocenters. The molecular weight excluding hydrogens is 389 g/mol. The second-order valence-electron chi connectivity index (χ2n) is 6.01. The lowest BCUT2D eigenvalue weighted by molar-refractivity contribution is -0.246. The monoisotopic (exact) mass is 407 g/mol. The van der Waals surface area contributed by atoms with Crippen LogP contribution in [0.3, 0.4) is 0 Å². The van der Waals surface area contributed by atoms with Gasteiger partial charge in [0.15, 0.2) is 17.4 Å². The Balaban J connectivity index is 2.00. The van der Waals surface area contributed by atoms with Gasteiger partial charge in [-0.05, 0) is 6.92 Å². The van der Waals surface area contributed by atoms with E-state index < -0.39 is 43.7 Å². The molecule has 3 rings (SSSR count). The number of hydrogen-bond donors (Lipinski definition) is 6. The summed E-state index contributed by atoms with van der Waals surface area (Å²) < 4.78 is 27.5. The second-order valence-corrected chi connectivity index (χ2v) is 7.17. The van der Waals surface area contributed by atoms with E-state index in [1.54, 1.807) is 0 Å². The zero-order chi connectivity index (χ0) is 20.1. The van der Waals surface area contributed by atoms with Crippen molar-refractivity contribution >= 4 is 24.9 Å². The number of hydrogen-bond acceptors (Lipinski definition) is 10. The molecule has 15 heteroatoms. The molecule has 7 N–H and O–H groups in total. The number of ether oxygens (including phenoxy) is 2. The first-order valence-corrected chi connectivity index (χ1v) is 9.05. The highest BCUT2D eigenvalue weighted by Gasteiger charge is 2.55. The SMILES string of the molecule is COC(C)(OP(=O)(O)O)[C@H]1O[C@@H](n2cnc3c(=O)[nH]c(N)nc32)[C@H](O)[C@@H]1O. The second kappa shape index (κ2) is 6.61. The Bertz CT molecular complexity index is 956. The highest BCUT2D eigenvalue weighted by Crippen LogP contribution is 2.47. The minimum absolute atomic E-state index is 0.0248. The number of H-pyrrole nitrogens is 1. The van der Waals surface area contributed by atoms with E-state index in [-0.39, 0.29) is 17.1 Å². The molecule has 1 saturated heterocycles. The predicted octanol–water partition coefficient (Wildman–Crippen LogP) is -2.21. The molecule has 14 nitrogen and oxygen atoms in total. The van der Waals surface area contributed by atoms with E-state index in [9.17, 15) is 19.6 Å². The molecule has 1 unspecified atom stereocenters. The van der Waals surface area contributed by atoms with Gasteiger partial charge < -0.3 is 35.2 Å². The van der Waals surface area contributed by atoms with E-state index in [0.29, 0.717) is 0 Å². The van der Waals surface area contributed by atoms with Gasteiger partial charge in [0.25, 0.3) is 5.56 Å². The first kappa shape index (κ1) is 19.9. The maximum Gasteiger partial charge on any atom is 0.472 e. The third kappa shape index (κ3) is 3.49. The quantitative estimate of drug-likeness (QED) is 0.230. The number of anilines is 1. The molecule has 1 aliphatic rings. The van der Waals surface area contributed by atoms with Gasteiger partial charge >= 0.3 is 7.82 Å². The van der Waals surface area contributed by atoms with E-state index >= 15 is 0 Å². The smallest absolute Gasteiger partial charge is 0.387 e. The number of nitrogen functional groups attached to an aromatic ring is 1. The molecule has 0 radical (unpaired) electrons. The van der Waals surface area contributed by atoms with Gasteiger partial charge in [-0.15, -0.1) is 0 Å². The van der Waals surface area contributed by atoms with Gasteiger partial charge in [-0.2, -0.15) is 4.98 Å². The molecule has 1 fully saturated rings. The van der Waals surface area contributed by atoms with Gasteiger partial charge in [-0.1, -0.05) is 0 Å². The van der Waals surface area contributed by atoms with Crippen molar-refractivity contribution in [1.82, 2.24) is 19.5 Å². The number of nitrogens with zero attached hydrogens (tertiary/aromatic N) is 3. The van der Waals surface area contributed by atoms with E-state index in [2.05, 4.69) is 19.5 Å². The van der Waals surface area contributed by atoms with E-state index in [0.717, 1.165) is 24.9 Å². The average Bonchev–Trinajstić information content (AvgIpc) is 3.08. The fourth-order valence-corrected chi connectivity index (χ4v) is 3.54. The minimum atomic E-state index is -5.03. The normalized spacial score (nSPS) is 28.5. The van der Waals surface area contributed by atoms with Crippen LogP contribution in [0.15, 0.2) is 11.1 Å². The van der Waals surface area contributed by atoms with Crippen molar-refractivity contribution in [3.63, 3.8) is 0 Å². The number of aliphatic hydroxyl groups excluding tert-OH is 2. The van der Waals surface area contributed by atoms with Crippen LogP contribution in [0.1, 0.15) is 13.2 Å². The Kier molecular flexibility index (Phi) is 4.86. The highest BCUT2D eigenvalue weighted by molar-refractivity contribution is 7.46. The zero-order valence-electron chi connectivity index (χ0n) is 14.1. The molecule has 0 amide bonds. The summed E-state index contributed by atoms with van der Waals surface area (Å²) in [5.41, 5.74) is 4.79. The van der Waals surface area contributed by atoms with Crippen molar-refractivity contribution in [1.29, 1.82) is 0 Å². The molecule has 27 heavy (non-hydrogen) atoms. The van der Waals surface area contributed by atoms with Gasteiger partial charge in [0.2, 0.25) is 11.7 Å². The number of aromatic amines is 1. The summed E-state index contributed by atoms with van der Waals surface area (Å²) >= 11 is 0. The van der Waals surface area contributed by atoms with Crippen LogP contribution in [-0.4, -0.2) is 70.7 Å². The largest absolute Gasteiger partial charge is 0.472 e. The number of phosphoric acid groups is 1. The molecule has 2 aromatic heterocycles. The Morgan fingerprint density at radius 1 is 1.41 bits per heavy atom. The van der Waals surface area contributed by atoms with Crippen LogP contribution in [0.25, 0.3) is 11.2 Å². The van der Waals surface area contributed by atoms with Crippen LogP contribution in [0.5, 0.6) is 0 Å². The highest BCUT2D eigenvalue weighted by atomic mass is 31.2. The molecule has 0 aliphatic carbocycles. The molecule has 1 aliphatic heterocycles. The Morgan fingerprint density at radius 2 is 2.07 bits per heavy atom. The van der Waals surface area contributed by atoms with Crippen LogP contribution in [0.4, 0.5) is 5.95 Å². The summed E-state index contributed by atoms with van der Waals surface area (Å²) in [6.45, 7) is 1.13. The molecule has 0 spiro atoms. The maximum atomic E-state index is 11.9. The Morgan fingerprint density at radius 3 is 2.67 bits per heavy atom. The molecule has 0 saturated carbocycles. The van der Waals surface area contributed by atoms with Gasteiger partial charge in [0.1, 0.15) is 18.3 Å². The number of fused-ring (bicyclic) bond motifs is 1. The Labute approximate surface area is 150 Å². The maximum absolute atomic E-state index is 11.9. The van der Waals surface area contributed by atoms with Crippen molar-refractivity contribution in [3.8, 4) is 0 Å². The van der Waals surface area contributed by atoms with Gasteiger partial charge in [-0.3, -0.25) is 18.9 Å². The lowest BCUT2D eigenvalue weighted by atomic mass is 10.0. The number of aromatic nitrogens is 4. The third-order valence-corrected chi connectivity index (χ3v) is 4.79. The van der Waals surface area contributed by atoms with Crippen molar-refractivity contribution in [3.05, 3.63) is 16.7 Å². The topological polar surface area (TPSA) is 215 Å². The summed E-state index contributed by atoms with van der Waals surface area (Å²) in [4.78, 5) is 40.1. The summed E-state index contributed by atoms with van der Waals surface area (Å²) in [5, 5.41) is 20.7. The van der Waals surface area contributed by atoms with Gasteiger partial charge in [0.05, 0.1) is 6.33 Å². The van der Waals surface area contributed by atoms with Crippen LogP contribution >= 0.6 is 7.82 Å². The summed E-state index contributed by atoms with van der Waals surface area (Å²) in [6.07, 6.45) is -4.94. The predicted molar refractivity (Wildman–Crippen MR) is 87.0 cm³/mol. The third-order valence-electron chi connectivity index (χ3n) is 4.19. The van der Waals surface area contributed by atoms with E-state index in [4.69, 9.17) is 25.0 Å². The van der Waals surface area contributed by atoms with Crippen LogP contribution < -0.4 is 11.3 Å². The molecule has 2 aromatic rings. The summed E-state index contributed by atoms with van der Waals surface area (Å²) in [7, 11) is -3.94. The average molecular weight is 407 g/mol.